The first kappa shape index (κ1) is 23.8. The molecule has 0 fully saturated rings. The molecule has 2 aromatic heterocycles. The Balaban J connectivity index is 0.000000620. The van der Waals surface area contributed by atoms with Crippen LogP contribution in [0.25, 0.3) is 11.3 Å². The molecule has 0 amide bonds. The van der Waals surface area contributed by atoms with E-state index in [1.165, 1.54) is 0 Å². The average Bonchev–Trinajstić information content (AvgIpc) is 2.46. The molecule has 5 nitrogen and oxygen atoms in total. The third-order valence-corrected chi connectivity index (χ3v) is 3.31. The summed E-state index contributed by atoms with van der Waals surface area (Å²) in [6.07, 6.45) is 3.07. The number of aryl methyl sites for hydroxylation is 1. The van der Waals surface area contributed by atoms with E-state index in [1.54, 1.807) is 32.4 Å². The van der Waals surface area contributed by atoms with Crippen molar-refractivity contribution in [3.63, 3.8) is 0 Å². The summed E-state index contributed by atoms with van der Waals surface area (Å²) in [6, 6.07) is 7.00. The summed E-state index contributed by atoms with van der Waals surface area (Å²) >= 11 is 0. The van der Waals surface area contributed by atoms with Gasteiger partial charge in [0.1, 0.15) is 6.33 Å². The first-order valence-electron chi connectivity index (χ1n) is 8.13. The summed E-state index contributed by atoms with van der Waals surface area (Å²) in [5.41, 5.74) is 3.81. The molecule has 1 radical (unpaired) electrons. The first-order chi connectivity index (χ1) is 11.1. The van der Waals surface area contributed by atoms with E-state index < -0.39 is 0 Å². The van der Waals surface area contributed by atoms with Gasteiger partial charge in [-0.3, -0.25) is 4.98 Å². The second-order valence-corrected chi connectivity index (χ2v) is 7.02. The summed E-state index contributed by atoms with van der Waals surface area (Å²) in [7, 11) is 0. The molecule has 2 aromatic rings. The minimum absolute atomic E-state index is 0. The molecule has 0 spiro atoms. The maximum atomic E-state index is 8.56. The molecular formula is C19H28IrN3O2-. The van der Waals surface area contributed by atoms with Crippen molar-refractivity contribution in [3.05, 3.63) is 42.1 Å². The van der Waals surface area contributed by atoms with Gasteiger partial charge in [0, 0.05) is 31.2 Å². The van der Waals surface area contributed by atoms with Crippen LogP contribution in [0, 0.1) is 13.0 Å². The third kappa shape index (κ3) is 8.63. The van der Waals surface area contributed by atoms with Crippen LogP contribution in [0.1, 0.15) is 52.4 Å². The molecule has 141 valence electrons. The van der Waals surface area contributed by atoms with Crippen LogP contribution in [0.15, 0.2) is 24.7 Å². The predicted molar refractivity (Wildman–Crippen MR) is 95.5 cm³/mol. The summed E-state index contributed by atoms with van der Waals surface area (Å²) in [5.74, 6) is 0. The van der Waals surface area contributed by atoms with Crippen molar-refractivity contribution in [1.82, 2.24) is 15.0 Å². The van der Waals surface area contributed by atoms with Gasteiger partial charge >= 0.3 is 0 Å². The minimum Gasteiger partial charge on any atom is -0.393 e. The smallest absolute Gasteiger partial charge is 0.105 e. The Labute approximate surface area is 164 Å². The molecule has 2 atom stereocenters. The van der Waals surface area contributed by atoms with Crippen LogP contribution in [-0.2, 0) is 25.5 Å². The van der Waals surface area contributed by atoms with E-state index in [2.05, 4.69) is 41.8 Å². The molecule has 2 rings (SSSR count). The summed E-state index contributed by atoms with van der Waals surface area (Å²) in [5, 5.41) is 17.1. The van der Waals surface area contributed by atoms with Gasteiger partial charge in [-0.15, -0.1) is 17.7 Å². The molecule has 6 heteroatoms. The zero-order valence-electron chi connectivity index (χ0n) is 15.7. The summed E-state index contributed by atoms with van der Waals surface area (Å²) in [4.78, 5) is 12.9. The number of hydrogen-bond acceptors (Lipinski definition) is 5. The fraction of sp³-hybridized carbons (Fsp3) is 0.526. The largest absolute Gasteiger partial charge is 0.393 e. The van der Waals surface area contributed by atoms with Crippen molar-refractivity contribution in [2.24, 2.45) is 0 Å². The number of hydrogen-bond donors (Lipinski definition) is 2. The molecule has 0 aliphatic rings. The van der Waals surface area contributed by atoms with E-state index in [9.17, 15) is 0 Å². The number of pyridine rings is 1. The van der Waals surface area contributed by atoms with Crippen LogP contribution in [0.5, 0.6) is 0 Å². The predicted octanol–water partition coefficient (Wildman–Crippen LogP) is 3.08. The van der Waals surface area contributed by atoms with Crippen molar-refractivity contribution < 1.29 is 30.3 Å². The van der Waals surface area contributed by atoms with Crippen LogP contribution in [-0.4, -0.2) is 37.4 Å². The van der Waals surface area contributed by atoms with Gasteiger partial charge in [-0.25, -0.2) is 4.98 Å². The Morgan fingerprint density at radius 1 is 1.08 bits per heavy atom. The molecule has 25 heavy (non-hydrogen) atoms. The zero-order chi connectivity index (χ0) is 18.3. The van der Waals surface area contributed by atoms with Crippen molar-refractivity contribution in [2.75, 3.05) is 0 Å². The first-order valence-corrected chi connectivity index (χ1v) is 8.13. The fourth-order valence-electron chi connectivity index (χ4n) is 2.10. The number of rotatable bonds is 3. The van der Waals surface area contributed by atoms with Crippen LogP contribution >= 0.6 is 0 Å². The Hall–Kier alpha value is -1.20. The normalized spacial score (nSPS) is 13.1. The van der Waals surface area contributed by atoms with Gasteiger partial charge in [0.2, 0.25) is 0 Å². The topological polar surface area (TPSA) is 79.1 Å². The maximum Gasteiger partial charge on any atom is 0.105 e. The molecule has 0 saturated carbocycles. The summed E-state index contributed by atoms with van der Waals surface area (Å²) in [6.45, 7) is 11.7. The van der Waals surface area contributed by atoms with E-state index >= 15 is 0 Å². The van der Waals surface area contributed by atoms with Crippen LogP contribution in [0.4, 0.5) is 0 Å². The van der Waals surface area contributed by atoms with E-state index in [1.807, 2.05) is 13.0 Å². The third-order valence-electron chi connectivity index (χ3n) is 3.31. The van der Waals surface area contributed by atoms with Gasteiger partial charge in [-0.1, -0.05) is 40.0 Å². The molecule has 2 heterocycles. The quantitative estimate of drug-likeness (QED) is 0.606. The second-order valence-electron chi connectivity index (χ2n) is 7.02. The van der Waals surface area contributed by atoms with Crippen LogP contribution in [0.3, 0.4) is 0 Å². The Kier molecular flexibility index (Phi) is 10.2. The van der Waals surface area contributed by atoms with Crippen LogP contribution in [0.2, 0.25) is 0 Å². The standard InChI is InChI=1S/C14H16N3.C5H12O2.Ir/c1-10-11(6-5-7-15-10)12-8-13(14(2,3)4)17-9-16-12;1-4(6)3-5(2)7;/h5,7-9H,1-4H3;4-7H,3H2,1-2H3;/q-1;;. The summed E-state index contributed by atoms with van der Waals surface area (Å²) < 4.78 is 0. The molecule has 2 N–H and O–H groups in total. The number of nitrogens with zero attached hydrogens (tertiary/aromatic N) is 3. The van der Waals surface area contributed by atoms with Crippen LogP contribution < -0.4 is 0 Å². The zero-order valence-corrected chi connectivity index (χ0v) is 18.1. The van der Waals surface area contributed by atoms with E-state index in [4.69, 9.17) is 10.2 Å². The number of aromatic nitrogens is 3. The van der Waals surface area contributed by atoms with Gasteiger partial charge in [0.25, 0.3) is 0 Å². The average molecular weight is 523 g/mol. The van der Waals surface area contributed by atoms with E-state index in [0.29, 0.717) is 6.42 Å². The minimum atomic E-state index is -0.375. The molecule has 0 bridgehead atoms. The second kappa shape index (κ2) is 10.7. The number of aliphatic hydroxyl groups is 2. The van der Waals surface area contributed by atoms with E-state index in [0.717, 1.165) is 22.6 Å². The SMILES string of the molecule is CC(O)CC(C)O.Cc1ncc[c-]c1-c1cc(C(C)(C)C)ncn1.[Ir]. The Morgan fingerprint density at radius 2 is 1.68 bits per heavy atom. The van der Waals surface area contributed by atoms with Crippen molar-refractivity contribution in [1.29, 1.82) is 0 Å². The molecular weight excluding hydrogens is 494 g/mol. The van der Waals surface area contributed by atoms with Gasteiger partial charge in [0.15, 0.2) is 0 Å². The molecule has 0 aliphatic heterocycles. The maximum absolute atomic E-state index is 8.56. The Bertz CT molecular complexity index is 635. The molecule has 2 unspecified atom stereocenters. The molecule has 0 aromatic carbocycles. The Morgan fingerprint density at radius 3 is 2.12 bits per heavy atom. The van der Waals surface area contributed by atoms with Gasteiger partial charge in [-0.2, -0.15) is 0 Å². The van der Waals surface area contributed by atoms with Gasteiger partial charge in [-0.05, 0) is 31.7 Å². The molecule has 0 aliphatic carbocycles. The van der Waals surface area contributed by atoms with Crippen molar-refractivity contribution in [3.8, 4) is 11.3 Å². The fourth-order valence-corrected chi connectivity index (χ4v) is 2.10. The van der Waals surface area contributed by atoms with Crippen molar-refractivity contribution in [2.45, 2.75) is 65.6 Å². The number of aliphatic hydroxyl groups excluding tert-OH is 2. The molecule has 0 saturated heterocycles. The van der Waals surface area contributed by atoms with E-state index in [-0.39, 0.29) is 37.7 Å². The monoisotopic (exact) mass is 523 g/mol. The van der Waals surface area contributed by atoms with Crippen molar-refractivity contribution >= 4 is 0 Å². The van der Waals surface area contributed by atoms with Gasteiger partial charge < -0.3 is 15.2 Å². The van der Waals surface area contributed by atoms with Gasteiger partial charge in [0.05, 0.1) is 12.2 Å².